The predicted octanol–water partition coefficient (Wildman–Crippen LogP) is 20.0. The molecule has 0 radical (unpaired) electrons. The molecule has 0 aliphatic rings. The third-order valence-electron chi connectivity index (χ3n) is 13.0. The van der Waals surface area contributed by atoms with Crippen LogP contribution in [0.25, 0.3) is 0 Å². The summed E-state index contributed by atoms with van der Waals surface area (Å²) in [4.78, 5) is 37.7. The van der Waals surface area contributed by atoms with Gasteiger partial charge in [-0.25, -0.2) is 0 Å². The molecule has 0 heterocycles. The molecule has 1 atom stereocenters. The van der Waals surface area contributed by atoms with Crippen LogP contribution in [0, 0.1) is 0 Å². The smallest absolute Gasteiger partial charge is 0.306 e. The summed E-state index contributed by atoms with van der Waals surface area (Å²) >= 11 is 0. The molecule has 0 rings (SSSR count). The van der Waals surface area contributed by atoms with Crippen molar-refractivity contribution in [1.29, 1.82) is 0 Å². The van der Waals surface area contributed by atoms with E-state index in [1.54, 1.807) is 0 Å². The summed E-state index contributed by atoms with van der Waals surface area (Å²) in [5.74, 6) is -0.871. The zero-order chi connectivity index (χ0) is 50.0. The first-order valence-electron chi connectivity index (χ1n) is 29.8. The van der Waals surface area contributed by atoms with Gasteiger partial charge in [0.2, 0.25) is 0 Å². The van der Waals surface area contributed by atoms with Crippen molar-refractivity contribution in [2.24, 2.45) is 0 Å². The molecule has 6 heteroatoms. The average Bonchev–Trinajstić information content (AvgIpc) is 3.35. The summed E-state index contributed by atoms with van der Waals surface area (Å²) in [5, 5.41) is 0. The zero-order valence-corrected chi connectivity index (χ0v) is 45.8. The highest BCUT2D eigenvalue weighted by Crippen LogP contribution is 2.17. The Morgan fingerprint density at radius 1 is 0.304 bits per heavy atom. The number of carbonyl (C=O) groups excluding carboxylic acids is 3. The first-order valence-corrected chi connectivity index (χ1v) is 29.8. The standard InChI is InChI=1S/C63H112O6/c1-4-7-10-13-15-17-19-20-21-22-23-24-25-26-27-28-29-30-31-32-33-34-35-36-37-38-39-40-41-42-44-45-47-50-53-56-62(65)68-59-60(58-67-61(64)55-52-49-12-9-6-3)69-63(66)57-54-51-48-46-43-18-16-14-11-8-5-2/h7,10,15,17,20-21,23-24,26-27,60H,4-6,8-9,11-14,16,18-19,22,25,28-59H2,1-3H3/b10-7-,17-15-,21-20-,24-23-,27-26-. The van der Waals surface area contributed by atoms with Crippen molar-refractivity contribution in [3.05, 3.63) is 60.8 Å². The van der Waals surface area contributed by atoms with Crippen molar-refractivity contribution in [2.45, 2.75) is 309 Å². The number of esters is 3. The first-order chi connectivity index (χ1) is 34.0. The molecular formula is C63H112O6. The van der Waals surface area contributed by atoms with Crippen LogP contribution in [0.15, 0.2) is 60.8 Å². The molecule has 0 bridgehead atoms. The Morgan fingerprint density at radius 3 is 0.884 bits per heavy atom. The largest absolute Gasteiger partial charge is 0.462 e. The van der Waals surface area contributed by atoms with Crippen LogP contribution in [-0.4, -0.2) is 37.2 Å². The minimum absolute atomic E-state index is 0.0685. The van der Waals surface area contributed by atoms with E-state index < -0.39 is 6.10 Å². The predicted molar refractivity (Wildman–Crippen MR) is 298 cm³/mol. The molecule has 0 amide bonds. The van der Waals surface area contributed by atoms with Crippen LogP contribution in [0.3, 0.4) is 0 Å². The lowest BCUT2D eigenvalue weighted by Crippen LogP contribution is -2.30. The molecule has 0 N–H and O–H groups in total. The Bertz CT molecular complexity index is 1250. The van der Waals surface area contributed by atoms with E-state index in [0.29, 0.717) is 19.3 Å². The number of hydrogen-bond acceptors (Lipinski definition) is 6. The average molecular weight is 966 g/mol. The van der Waals surface area contributed by atoms with E-state index in [0.717, 1.165) is 96.3 Å². The highest BCUT2D eigenvalue weighted by molar-refractivity contribution is 5.71. The Hall–Kier alpha value is -2.89. The Labute approximate surface area is 428 Å². The molecule has 0 aliphatic carbocycles. The second-order valence-electron chi connectivity index (χ2n) is 19.9. The number of unbranched alkanes of at least 4 members (excludes halogenated alkanes) is 33. The topological polar surface area (TPSA) is 78.9 Å². The second kappa shape index (κ2) is 57.7. The maximum absolute atomic E-state index is 12.7. The van der Waals surface area contributed by atoms with Gasteiger partial charge in [0.25, 0.3) is 0 Å². The number of hydrogen-bond donors (Lipinski definition) is 0. The van der Waals surface area contributed by atoms with Crippen LogP contribution in [0.1, 0.15) is 303 Å². The lowest BCUT2D eigenvalue weighted by atomic mass is 10.0. The van der Waals surface area contributed by atoms with Crippen LogP contribution < -0.4 is 0 Å². The summed E-state index contributed by atoms with van der Waals surface area (Å²) < 4.78 is 16.7. The molecule has 0 aliphatic heterocycles. The molecular weight excluding hydrogens is 853 g/mol. The molecule has 0 aromatic rings. The third-order valence-corrected chi connectivity index (χ3v) is 13.0. The Morgan fingerprint density at radius 2 is 0.565 bits per heavy atom. The summed E-state index contributed by atoms with van der Waals surface area (Å²) in [7, 11) is 0. The fourth-order valence-electron chi connectivity index (χ4n) is 8.59. The summed E-state index contributed by atoms with van der Waals surface area (Å²) in [6.07, 6.45) is 72.9. The van der Waals surface area contributed by atoms with Gasteiger partial charge < -0.3 is 14.2 Å². The minimum atomic E-state index is -0.763. The van der Waals surface area contributed by atoms with Gasteiger partial charge in [0.15, 0.2) is 6.10 Å². The fraction of sp³-hybridized carbons (Fsp3) is 0.794. The Kier molecular flexibility index (Phi) is 55.3. The van der Waals surface area contributed by atoms with Gasteiger partial charge in [-0.05, 0) is 64.2 Å². The van der Waals surface area contributed by atoms with Crippen molar-refractivity contribution in [2.75, 3.05) is 13.2 Å². The molecule has 1 unspecified atom stereocenters. The maximum Gasteiger partial charge on any atom is 0.306 e. The minimum Gasteiger partial charge on any atom is -0.462 e. The van der Waals surface area contributed by atoms with Gasteiger partial charge in [-0.2, -0.15) is 0 Å². The van der Waals surface area contributed by atoms with E-state index in [2.05, 4.69) is 81.5 Å². The first kappa shape index (κ1) is 66.1. The van der Waals surface area contributed by atoms with E-state index >= 15 is 0 Å². The number of ether oxygens (including phenoxy) is 3. The van der Waals surface area contributed by atoms with Crippen molar-refractivity contribution in [3.63, 3.8) is 0 Å². The molecule has 0 saturated carbocycles. The summed E-state index contributed by atoms with van der Waals surface area (Å²) in [5.41, 5.74) is 0. The van der Waals surface area contributed by atoms with Gasteiger partial charge >= 0.3 is 17.9 Å². The van der Waals surface area contributed by atoms with Gasteiger partial charge in [-0.1, -0.05) is 281 Å². The van der Waals surface area contributed by atoms with Crippen LogP contribution in [0.4, 0.5) is 0 Å². The quantitative estimate of drug-likeness (QED) is 0.0262. The van der Waals surface area contributed by atoms with E-state index in [-0.39, 0.29) is 31.1 Å². The van der Waals surface area contributed by atoms with Crippen molar-refractivity contribution in [1.82, 2.24) is 0 Å². The van der Waals surface area contributed by atoms with Crippen LogP contribution in [0.5, 0.6) is 0 Å². The van der Waals surface area contributed by atoms with Gasteiger partial charge in [0.05, 0.1) is 0 Å². The fourth-order valence-corrected chi connectivity index (χ4v) is 8.59. The van der Waals surface area contributed by atoms with Crippen LogP contribution in [-0.2, 0) is 28.6 Å². The molecule has 0 saturated heterocycles. The number of carbonyl (C=O) groups is 3. The third kappa shape index (κ3) is 55.9. The van der Waals surface area contributed by atoms with Crippen molar-refractivity contribution < 1.29 is 28.6 Å². The van der Waals surface area contributed by atoms with E-state index in [9.17, 15) is 14.4 Å². The van der Waals surface area contributed by atoms with Crippen LogP contribution in [0.2, 0.25) is 0 Å². The molecule has 6 nitrogen and oxygen atoms in total. The second-order valence-corrected chi connectivity index (χ2v) is 19.9. The molecule has 0 spiro atoms. The molecule has 0 aromatic carbocycles. The van der Waals surface area contributed by atoms with Gasteiger partial charge in [0, 0.05) is 19.3 Å². The zero-order valence-electron chi connectivity index (χ0n) is 45.8. The monoisotopic (exact) mass is 965 g/mol. The summed E-state index contributed by atoms with van der Waals surface area (Å²) in [6.45, 7) is 6.46. The highest BCUT2D eigenvalue weighted by atomic mass is 16.6. The van der Waals surface area contributed by atoms with Crippen LogP contribution >= 0.6 is 0 Å². The number of rotatable bonds is 54. The van der Waals surface area contributed by atoms with Gasteiger partial charge in [-0.3, -0.25) is 14.4 Å². The van der Waals surface area contributed by atoms with Crippen molar-refractivity contribution in [3.8, 4) is 0 Å². The van der Waals surface area contributed by atoms with Gasteiger partial charge in [0.1, 0.15) is 13.2 Å². The highest BCUT2D eigenvalue weighted by Gasteiger charge is 2.19. The van der Waals surface area contributed by atoms with E-state index in [4.69, 9.17) is 14.2 Å². The molecule has 400 valence electrons. The normalized spacial score (nSPS) is 12.4. The Balaban J connectivity index is 3.84. The lowest BCUT2D eigenvalue weighted by Gasteiger charge is -2.18. The molecule has 0 fully saturated rings. The molecule has 0 aromatic heterocycles. The SMILES string of the molecule is CC/C=C\C/C=C\C/C=C\C/C=C\C/C=C\CCCCCCCCCCCCCCCCCCCCCC(=O)OCC(COC(=O)CCCCCCC)OC(=O)CCCCCCCCCCCCC. The lowest BCUT2D eigenvalue weighted by molar-refractivity contribution is -0.167. The maximum atomic E-state index is 12.7. The van der Waals surface area contributed by atoms with E-state index in [1.165, 1.54) is 167 Å². The van der Waals surface area contributed by atoms with E-state index in [1.807, 2.05) is 0 Å². The number of allylic oxidation sites excluding steroid dienone is 10. The molecule has 69 heavy (non-hydrogen) atoms. The summed E-state index contributed by atoms with van der Waals surface area (Å²) in [6, 6.07) is 0. The van der Waals surface area contributed by atoms with Crippen molar-refractivity contribution >= 4 is 17.9 Å². The van der Waals surface area contributed by atoms with Gasteiger partial charge in [-0.15, -0.1) is 0 Å².